The highest BCUT2D eigenvalue weighted by atomic mass is 31.2. The van der Waals surface area contributed by atoms with Gasteiger partial charge in [-0.15, -0.1) is 0 Å². The van der Waals surface area contributed by atoms with Crippen molar-refractivity contribution in [1.82, 2.24) is 0 Å². The molecule has 0 rings (SSSR count). The molecular formula is C69H134O17P2. The molecule has 0 saturated carbocycles. The number of hydrogen-bond donors (Lipinski definition) is 3. The number of aliphatic hydroxyl groups excluding tert-OH is 1. The third-order valence-corrected chi connectivity index (χ3v) is 18.1. The van der Waals surface area contributed by atoms with Gasteiger partial charge in [0.1, 0.15) is 19.3 Å². The molecule has 522 valence electrons. The Labute approximate surface area is 537 Å². The van der Waals surface area contributed by atoms with Crippen molar-refractivity contribution in [2.45, 2.75) is 356 Å². The van der Waals surface area contributed by atoms with Crippen LogP contribution in [-0.4, -0.2) is 96.7 Å². The van der Waals surface area contributed by atoms with Crippen molar-refractivity contribution < 1.29 is 80.2 Å². The van der Waals surface area contributed by atoms with Crippen molar-refractivity contribution in [3.05, 3.63) is 0 Å². The second kappa shape index (κ2) is 58.8. The van der Waals surface area contributed by atoms with Crippen LogP contribution in [0.1, 0.15) is 338 Å². The number of carbonyl (C=O) groups is 4. The van der Waals surface area contributed by atoms with E-state index in [1.54, 1.807) is 0 Å². The largest absolute Gasteiger partial charge is 0.472 e. The normalized spacial score (nSPS) is 14.6. The standard InChI is InChI=1S/C69H134O17P2/c1-9-62(8)48-40-32-27-28-36-44-52-69(74)86-65(56-79-66(71)49-41-33-24-18-15-14-17-22-30-38-46-60(4)5)58-84-88(77,78)82-54-63(70)53-81-87(75,76)83-57-64(55-80-67(72)50-42-34-26-20-23-31-39-47-61(6)7)85-68(73)51-43-35-25-19-13-11-10-12-16-21-29-37-45-59(2)3/h59-65,70H,9-58H2,1-8H3,(H,75,76)(H,77,78)/t62?,63?,64-,65-/m1/s1. The van der Waals surface area contributed by atoms with Crippen molar-refractivity contribution in [2.24, 2.45) is 23.7 Å². The van der Waals surface area contributed by atoms with Crippen molar-refractivity contribution in [2.75, 3.05) is 39.6 Å². The predicted molar refractivity (Wildman–Crippen MR) is 354 cm³/mol. The molecule has 17 nitrogen and oxygen atoms in total. The molecule has 0 saturated heterocycles. The summed E-state index contributed by atoms with van der Waals surface area (Å²) in [7, 11) is -9.90. The minimum absolute atomic E-state index is 0.102. The molecular weight excluding hydrogens is 1160 g/mol. The maximum absolute atomic E-state index is 13.0. The van der Waals surface area contributed by atoms with Gasteiger partial charge in [-0.25, -0.2) is 9.13 Å². The average Bonchev–Trinajstić information content (AvgIpc) is 3.55. The molecule has 0 aliphatic rings. The van der Waals surface area contributed by atoms with Crippen molar-refractivity contribution in [3.8, 4) is 0 Å². The van der Waals surface area contributed by atoms with Gasteiger partial charge in [-0.1, -0.05) is 287 Å². The van der Waals surface area contributed by atoms with Crippen molar-refractivity contribution >= 4 is 39.5 Å². The number of ether oxygens (including phenoxy) is 4. The number of carbonyl (C=O) groups excluding carboxylic acids is 4. The summed E-state index contributed by atoms with van der Waals surface area (Å²) >= 11 is 0. The van der Waals surface area contributed by atoms with E-state index >= 15 is 0 Å². The lowest BCUT2D eigenvalue weighted by Gasteiger charge is -2.21. The molecule has 0 heterocycles. The second-order valence-electron chi connectivity index (χ2n) is 26.6. The van der Waals surface area contributed by atoms with Gasteiger partial charge in [-0.2, -0.15) is 0 Å². The summed E-state index contributed by atoms with van der Waals surface area (Å²) in [6.07, 6.45) is 40.4. The van der Waals surface area contributed by atoms with Crippen molar-refractivity contribution in [1.29, 1.82) is 0 Å². The summed E-state index contributed by atoms with van der Waals surface area (Å²) in [4.78, 5) is 72.5. The fourth-order valence-electron chi connectivity index (χ4n) is 10.3. The number of rotatable bonds is 66. The van der Waals surface area contributed by atoms with E-state index in [0.29, 0.717) is 31.6 Å². The van der Waals surface area contributed by atoms with Crippen molar-refractivity contribution in [3.63, 3.8) is 0 Å². The number of hydrogen-bond acceptors (Lipinski definition) is 15. The molecule has 0 amide bonds. The molecule has 0 aliphatic heterocycles. The molecule has 4 unspecified atom stereocenters. The van der Waals surface area contributed by atoms with Gasteiger partial charge >= 0.3 is 39.5 Å². The fourth-order valence-corrected chi connectivity index (χ4v) is 11.9. The molecule has 3 N–H and O–H groups in total. The highest BCUT2D eigenvalue weighted by Crippen LogP contribution is 2.45. The summed E-state index contributed by atoms with van der Waals surface area (Å²) < 4.78 is 68.2. The van der Waals surface area contributed by atoms with Crippen LogP contribution in [0.15, 0.2) is 0 Å². The van der Waals surface area contributed by atoms with Crippen LogP contribution in [0.4, 0.5) is 0 Å². The highest BCUT2D eigenvalue weighted by Gasteiger charge is 2.30. The smallest absolute Gasteiger partial charge is 0.462 e. The maximum atomic E-state index is 13.0. The molecule has 6 atom stereocenters. The van der Waals surface area contributed by atoms with E-state index in [9.17, 15) is 43.2 Å². The Balaban J connectivity index is 5.24. The van der Waals surface area contributed by atoms with E-state index in [1.807, 2.05) is 0 Å². The van der Waals surface area contributed by atoms with Crippen LogP contribution in [0.5, 0.6) is 0 Å². The Bertz CT molecular complexity index is 1750. The monoisotopic (exact) mass is 1300 g/mol. The minimum Gasteiger partial charge on any atom is -0.462 e. The molecule has 88 heavy (non-hydrogen) atoms. The van der Waals surface area contributed by atoms with Gasteiger partial charge in [0.05, 0.1) is 26.4 Å². The first-order chi connectivity index (χ1) is 42.1. The van der Waals surface area contributed by atoms with Crippen LogP contribution in [0.2, 0.25) is 0 Å². The quantitative estimate of drug-likeness (QED) is 0.0222. The molecule has 19 heteroatoms. The summed E-state index contributed by atoms with van der Waals surface area (Å²) in [5, 5.41) is 10.6. The molecule has 0 aromatic carbocycles. The van der Waals surface area contributed by atoms with E-state index in [0.717, 1.165) is 114 Å². The Kier molecular flexibility index (Phi) is 57.6. The maximum Gasteiger partial charge on any atom is 0.472 e. The average molecular weight is 1300 g/mol. The Morgan fingerprint density at radius 2 is 0.545 bits per heavy atom. The highest BCUT2D eigenvalue weighted by molar-refractivity contribution is 7.47. The fraction of sp³-hybridized carbons (Fsp3) is 0.942. The predicted octanol–water partition coefficient (Wildman–Crippen LogP) is 19.3. The number of phosphoric acid groups is 2. The van der Waals surface area contributed by atoms with Gasteiger partial charge in [0.15, 0.2) is 12.2 Å². The van der Waals surface area contributed by atoms with E-state index in [4.69, 9.17) is 37.0 Å². The Morgan fingerprint density at radius 3 is 0.807 bits per heavy atom. The number of esters is 4. The molecule has 0 aromatic heterocycles. The van der Waals surface area contributed by atoms with E-state index in [1.165, 1.54) is 135 Å². The van der Waals surface area contributed by atoms with Crippen LogP contribution in [-0.2, 0) is 65.4 Å². The van der Waals surface area contributed by atoms with Crippen LogP contribution in [0, 0.1) is 23.7 Å². The van der Waals surface area contributed by atoms with Gasteiger partial charge in [-0.05, 0) is 49.4 Å². The zero-order valence-electron chi connectivity index (χ0n) is 57.3. The van der Waals surface area contributed by atoms with E-state index < -0.39 is 97.5 Å². The lowest BCUT2D eigenvalue weighted by Crippen LogP contribution is -2.30. The zero-order valence-corrected chi connectivity index (χ0v) is 59.1. The first-order valence-corrected chi connectivity index (χ1v) is 38.7. The summed E-state index contributed by atoms with van der Waals surface area (Å²) in [5.74, 6) is 0.827. The molecule has 0 fully saturated rings. The minimum atomic E-state index is -4.95. The van der Waals surface area contributed by atoms with Crippen LogP contribution in [0.25, 0.3) is 0 Å². The molecule has 0 bridgehead atoms. The Hall–Kier alpha value is -1.94. The van der Waals surface area contributed by atoms with E-state index in [-0.39, 0.29) is 25.7 Å². The first kappa shape index (κ1) is 86.1. The van der Waals surface area contributed by atoms with Crippen LogP contribution < -0.4 is 0 Å². The third kappa shape index (κ3) is 61.6. The SMILES string of the molecule is CCC(C)CCCCCCCCC(=O)O[C@H](COC(=O)CCCCCCCCCCCCC(C)C)COP(=O)(O)OCC(O)COP(=O)(O)OC[C@@H](COC(=O)CCCCCCCCCC(C)C)OC(=O)CCCCCCCCCCCCCCC(C)C. The number of unbranched alkanes of at least 4 members (excludes halogenated alkanes) is 31. The van der Waals surface area contributed by atoms with Gasteiger partial charge in [0.2, 0.25) is 0 Å². The molecule has 0 aliphatic carbocycles. The van der Waals surface area contributed by atoms with Crippen LogP contribution in [0.3, 0.4) is 0 Å². The first-order valence-electron chi connectivity index (χ1n) is 35.7. The third-order valence-electron chi connectivity index (χ3n) is 16.2. The zero-order chi connectivity index (χ0) is 65.4. The summed E-state index contributed by atoms with van der Waals surface area (Å²) in [6, 6.07) is 0. The number of phosphoric ester groups is 2. The lowest BCUT2D eigenvalue weighted by molar-refractivity contribution is -0.161. The van der Waals surface area contributed by atoms with Gasteiger partial charge in [0.25, 0.3) is 0 Å². The topological polar surface area (TPSA) is 237 Å². The Morgan fingerprint density at radius 1 is 0.318 bits per heavy atom. The van der Waals surface area contributed by atoms with Crippen LogP contribution >= 0.6 is 15.6 Å². The second-order valence-corrected chi connectivity index (χ2v) is 29.5. The molecule has 0 radical (unpaired) electrons. The summed E-state index contributed by atoms with van der Waals surface area (Å²) in [5.41, 5.74) is 0. The lowest BCUT2D eigenvalue weighted by atomic mass is 10.00. The van der Waals surface area contributed by atoms with E-state index in [2.05, 4.69) is 55.4 Å². The molecule has 0 spiro atoms. The van der Waals surface area contributed by atoms with Gasteiger partial charge in [-0.3, -0.25) is 37.3 Å². The summed E-state index contributed by atoms with van der Waals surface area (Å²) in [6.45, 7) is 14.0. The van der Waals surface area contributed by atoms with Gasteiger partial charge in [0, 0.05) is 25.7 Å². The number of aliphatic hydroxyl groups is 1. The van der Waals surface area contributed by atoms with Gasteiger partial charge < -0.3 is 33.8 Å². The molecule has 0 aromatic rings.